The molecule has 0 fully saturated rings. The maximum Gasteiger partial charge on any atom is 0.199 e. The summed E-state index contributed by atoms with van der Waals surface area (Å²) in [6.07, 6.45) is 3.77. The SMILES string of the molecule is CC(C#N)C(=O)c1cn(C)cn1.CCC#N. The average Bonchev–Trinajstić information content (AvgIpc) is 2.74. The third-order valence-electron chi connectivity index (χ3n) is 1.70. The highest BCUT2D eigenvalue weighted by molar-refractivity contribution is 5.97. The molecule has 1 aromatic rings. The average molecular weight is 218 g/mol. The van der Waals surface area contributed by atoms with Crippen LogP contribution in [0.2, 0.25) is 0 Å². The lowest BCUT2D eigenvalue weighted by molar-refractivity contribution is 0.0952. The van der Waals surface area contributed by atoms with E-state index < -0.39 is 5.92 Å². The molecule has 0 saturated heterocycles. The van der Waals surface area contributed by atoms with Crippen molar-refractivity contribution < 1.29 is 4.79 Å². The molecule has 0 aliphatic carbocycles. The van der Waals surface area contributed by atoms with Crippen LogP contribution in [0.25, 0.3) is 0 Å². The summed E-state index contributed by atoms with van der Waals surface area (Å²) < 4.78 is 1.68. The Bertz CT molecular complexity index is 422. The first kappa shape index (κ1) is 13.9. The van der Waals surface area contributed by atoms with Gasteiger partial charge in [0.05, 0.1) is 18.5 Å². The Hall–Kier alpha value is -2.14. The lowest BCUT2D eigenvalue weighted by Gasteiger charge is -1.95. The number of nitriles is 2. The molecule has 84 valence electrons. The lowest BCUT2D eigenvalue weighted by Crippen LogP contribution is -2.09. The van der Waals surface area contributed by atoms with Gasteiger partial charge in [-0.2, -0.15) is 10.5 Å². The molecule has 0 aliphatic rings. The van der Waals surface area contributed by atoms with E-state index in [0.29, 0.717) is 12.1 Å². The highest BCUT2D eigenvalue weighted by atomic mass is 16.1. The fourth-order valence-electron chi connectivity index (χ4n) is 0.821. The number of aryl methyl sites for hydroxylation is 1. The molecule has 16 heavy (non-hydrogen) atoms. The van der Waals surface area contributed by atoms with Gasteiger partial charge in [-0.1, -0.05) is 6.92 Å². The summed E-state index contributed by atoms with van der Waals surface area (Å²) in [6.45, 7) is 3.39. The summed E-state index contributed by atoms with van der Waals surface area (Å²) in [6, 6.07) is 3.80. The Labute approximate surface area is 94.9 Å². The zero-order chi connectivity index (χ0) is 12.6. The number of imidazole rings is 1. The van der Waals surface area contributed by atoms with Crippen LogP contribution in [-0.2, 0) is 7.05 Å². The number of carbonyl (C=O) groups excluding carboxylic acids is 1. The Balaban J connectivity index is 0.000000487. The van der Waals surface area contributed by atoms with Crippen molar-refractivity contribution in [2.45, 2.75) is 20.3 Å². The normalized spacial score (nSPS) is 10.3. The number of rotatable bonds is 2. The maximum absolute atomic E-state index is 11.3. The number of Topliss-reactive ketones (excluding diaryl/α,β-unsaturated/α-hetero) is 1. The minimum absolute atomic E-state index is 0.224. The number of hydrogen-bond acceptors (Lipinski definition) is 4. The minimum atomic E-state index is -0.611. The van der Waals surface area contributed by atoms with Crippen molar-refractivity contribution in [1.29, 1.82) is 10.5 Å². The van der Waals surface area contributed by atoms with Gasteiger partial charge in [0.1, 0.15) is 11.6 Å². The van der Waals surface area contributed by atoms with Crippen molar-refractivity contribution in [3.8, 4) is 12.1 Å². The van der Waals surface area contributed by atoms with Crippen LogP contribution >= 0.6 is 0 Å². The Morgan fingerprint density at radius 1 is 1.62 bits per heavy atom. The van der Waals surface area contributed by atoms with E-state index in [1.807, 2.05) is 19.1 Å². The molecule has 1 aromatic heterocycles. The summed E-state index contributed by atoms with van der Waals surface area (Å²) in [5.41, 5.74) is 0.353. The zero-order valence-corrected chi connectivity index (χ0v) is 9.64. The molecule has 1 rings (SSSR count). The minimum Gasteiger partial charge on any atom is -0.340 e. The predicted octanol–water partition coefficient (Wildman–Crippen LogP) is 1.68. The van der Waals surface area contributed by atoms with E-state index >= 15 is 0 Å². The van der Waals surface area contributed by atoms with Gasteiger partial charge in [-0.25, -0.2) is 4.98 Å². The summed E-state index contributed by atoms with van der Waals surface area (Å²) in [5, 5.41) is 16.1. The fourth-order valence-corrected chi connectivity index (χ4v) is 0.821. The third-order valence-corrected chi connectivity index (χ3v) is 1.70. The van der Waals surface area contributed by atoms with Gasteiger partial charge in [0, 0.05) is 19.7 Å². The summed E-state index contributed by atoms with van der Waals surface area (Å²) in [7, 11) is 1.78. The quantitative estimate of drug-likeness (QED) is 0.707. The van der Waals surface area contributed by atoms with E-state index in [9.17, 15) is 4.79 Å². The number of aromatic nitrogens is 2. The molecule has 0 aliphatic heterocycles. The molecule has 0 radical (unpaired) electrons. The van der Waals surface area contributed by atoms with Crippen LogP contribution in [0.1, 0.15) is 30.8 Å². The fraction of sp³-hybridized carbons (Fsp3) is 0.455. The number of ketones is 1. The van der Waals surface area contributed by atoms with Crippen molar-refractivity contribution in [3.63, 3.8) is 0 Å². The zero-order valence-electron chi connectivity index (χ0n) is 9.64. The molecule has 0 saturated carbocycles. The molecule has 5 heteroatoms. The molecular formula is C11H14N4O. The van der Waals surface area contributed by atoms with Crippen LogP contribution in [0.5, 0.6) is 0 Å². The van der Waals surface area contributed by atoms with Crippen molar-refractivity contribution in [3.05, 3.63) is 18.2 Å². The standard InChI is InChI=1S/C8H9N3O.C3H5N/c1-6(3-9)8(12)7-4-11(2)5-10-7;1-2-3-4/h4-6H,1-2H3;2H2,1H3. The van der Waals surface area contributed by atoms with E-state index in [1.54, 1.807) is 24.7 Å². The summed E-state index contributed by atoms with van der Waals surface area (Å²) >= 11 is 0. The monoisotopic (exact) mass is 218 g/mol. The van der Waals surface area contributed by atoms with Crippen LogP contribution < -0.4 is 0 Å². The first-order chi connectivity index (χ1) is 7.56. The van der Waals surface area contributed by atoms with Crippen LogP contribution in [0.4, 0.5) is 0 Å². The second-order valence-electron chi connectivity index (χ2n) is 3.15. The van der Waals surface area contributed by atoms with Gasteiger partial charge in [0.2, 0.25) is 0 Å². The van der Waals surface area contributed by atoms with Crippen LogP contribution in [0, 0.1) is 28.6 Å². The Kier molecular flexibility index (Phi) is 6.23. The summed E-state index contributed by atoms with van der Waals surface area (Å²) in [4.78, 5) is 15.1. The molecule has 0 amide bonds. The van der Waals surface area contributed by atoms with Crippen molar-refractivity contribution >= 4 is 5.78 Å². The van der Waals surface area contributed by atoms with Gasteiger partial charge in [-0.3, -0.25) is 4.79 Å². The highest BCUT2D eigenvalue weighted by Gasteiger charge is 2.15. The molecule has 0 bridgehead atoms. The molecule has 5 nitrogen and oxygen atoms in total. The Morgan fingerprint density at radius 2 is 2.19 bits per heavy atom. The van der Waals surface area contributed by atoms with Gasteiger partial charge in [-0.15, -0.1) is 0 Å². The largest absolute Gasteiger partial charge is 0.340 e. The van der Waals surface area contributed by atoms with Crippen molar-refractivity contribution in [2.75, 3.05) is 0 Å². The van der Waals surface area contributed by atoms with E-state index in [2.05, 4.69) is 4.98 Å². The van der Waals surface area contributed by atoms with Gasteiger partial charge < -0.3 is 4.57 Å². The van der Waals surface area contributed by atoms with Crippen LogP contribution in [0.3, 0.4) is 0 Å². The molecule has 1 atom stereocenters. The molecule has 0 spiro atoms. The first-order valence-corrected chi connectivity index (χ1v) is 4.85. The van der Waals surface area contributed by atoms with Crippen LogP contribution in [-0.4, -0.2) is 15.3 Å². The third kappa shape index (κ3) is 4.39. The number of carbonyl (C=O) groups is 1. The topological polar surface area (TPSA) is 82.5 Å². The first-order valence-electron chi connectivity index (χ1n) is 4.85. The van der Waals surface area contributed by atoms with E-state index in [4.69, 9.17) is 10.5 Å². The van der Waals surface area contributed by atoms with E-state index in [1.165, 1.54) is 6.33 Å². The predicted molar refractivity (Wildman–Crippen MR) is 58.2 cm³/mol. The molecule has 1 unspecified atom stereocenters. The van der Waals surface area contributed by atoms with Crippen molar-refractivity contribution in [1.82, 2.24) is 9.55 Å². The van der Waals surface area contributed by atoms with Gasteiger partial charge >= 0.3 is 0 Å². The number of nitrogens with zero attached hydrogens (tertiary/aromatic N) is 4. The Morgan fingerprint density at radius 3 is 2.50 bits per heavy atom. The molecule has 1 heterocycles. The summed E-state index contributed by atoms with van der Waals surface area (Å²) in [5.74, 6) is -0.835. The van der Waals surface area contributed by atoms with Gasteiger partial charge in [0.25, 0.3) is 0 Å². The lowest BCUT2D eigenvalue weighted by atomic mass is 10.1. The van der Waals surface area contributed by atoms with E-state index in [-0.39, 0.29) is 5.78 Å². The van der Waals surface area contributed by atoms with E-state index in [0.717, 1.165) is 0 Å². The van der Waals surface area contributed by atoms with Crippen LogP contribution in [0.15, 0.2) is 12.5 Å². The van der Waals surface area contributed by atoms with Gasteiger partial charge in [0.15, 0.2) is 5.78 Å². The second kappa shape index (κ2) is 7.19. The smallest absolute Gasteiger partial charge is 0.199 e. The number of hydrogen-bond donors (Lipinski definition) is 0. The van der Waals surface area contributed by atoms with Gasteiger partial charge in [-0.05, 0) is 6.92 Å². The second-order valence-corrected chi connectivity index (χ2v) is 3.15. The highest BCUT2D eigenvalue weighted by Crippen LogP contribution is 2.04. The molecule has 0 aromatic carbocycles. The molecule has 0 N–H and O–H groups in total. The molecular weight excluding hydrogens is 204 g/mol. The maximum atomic E-state index is 11.3. The van der Waals surface area contributed by atoms with Crippen molar-refractivity contribution in [2.24, 2.45) is 13.0 Å².